The zero-order chi connectivity index (χ0) is 18.4. The smallest absolute Gasteiger partial charge is 0.279 e. The van der Waals surface area contributed by atoms with Crippen LogP contribution >= 0.6 is 11.3 Å². The van der Waals surface area contributed by atoms with Crippen LogP contribution < -0.4 is 16.2 Å². The third-order valence-electron chi connectivity index (χ3n) is 4.33. The van der Waals surface area contributed by atoms with E-state index in [2.05, 4.69) is 16.2 Å². The lowest BCUT2D eigenvalue weighted by molar-refractivity contribution is -0.129. The molecule has 0 spiro atoms. The van der Waals surface area contributed by atoms with E-state index in [1.807, 2.05) is 19.9 Å². The van der Waals surface area contributed by atoms with E-state index in [0.29, 0.717) is 4.88 Å². The van der Waals surface area contributed by atoms with Crippen LogP contribution in [0, 0.1) is 5.92 Å². The van der Waals surface area contributed by atoms with Crippen molar-refractivity contribution in [1.82, 2.24) is 16.2 Å². The highest BCUT2D eigenvalue weighted by Gasteiger charge is 2.24. The van der Waals surface area contributed by atoms with E-state index >= 15 is 0 Å². The fraction of sp³-hybridized carbons (Fsp3) is 0.611. The van der Waals surface area contributed by atoms with E-state index in [-0.39, 0.29) is 17.7 Å². The molecular weight excluding hydrogens is 338 g/mol. The van der Waals surface area contributed by atoms with Gasteiger partial charge in [-0.3, -0.25) is 25.2 Å². The van der Waals surface area contributed by atoms with E-state index in [0.717, 1.165) is 25.7 Å². The number of hydrogen-bond donors (Lipinski definition) is 3. The van der Waals surface area contributed by atoms with Gasteiger partial charge in [-0.1, -0.05) is 26.7 Å². The lowest BCUT2D eigenvalue weighted by Gasteiger charge is -2.20. The number of aryl methyl sites for hydroxylation is 2. The minimum Gasteiger partial charge on any atom is -0.344 e. The summed E-state index contributed by atoms with van der Waals surface area (Å²) in [6.45, 7) is 5.03. The number of hydrogen-bond acceptors (Lipinski definition) is 4. The fourth-order valence-corrected chi connectivity index (χ4v) is 4.12. The summed E-state index contributed by atoms with van der Waals surface area (Å²) in [7, 11) is 0. The second kappa shape index (κ2) is 8.99. The largest absolute Gasteiger partial charge is 0.344 e. The van der Waals surface area contributed by atoms with E-state index in [1.165, 1.54) is 41.5 Å². The summed E-state index contributed by atoms with van der Waals surface area (Å²) >= 11 is 1.51. The quantitative estimate of drug-likeness (QED) is 0.716. The highest BCUT2D eigenvalue weighted by molar-refractivity contribution is 7.14. The monoisotopic (exact) mass is 365 g/mol. The Morgan fingerprint density at radius 3 is 2.36 bits per heavy atom. The van der Waals surface area contributed by atoms with E-state index in [4.69, 9.17) is 0 Å². The van der Waals surface area contributed by atoms with Crippen LogP contribution in [0.25, 0.3) is 0 Å². The van der Waals surface area contributed by atoms with E-state index in [1.54, 1.807) is 0 Å². The van der Waals surface area contributed by atoms with Gasteiger partial charge in [0.05, 0.1) is 4.88 Å². The zero-order valence-corrected chi connectivity index (χ0v) is 15.9. The normalized spacial score (nSPS) is 15.5. The van der Waals surface area contributed by atoms with Crippen molar-refractivity contribution in [1.29, 1.82) is 0 Å². The van der Waals surface area contributed by atoms with Gasteiger partial charge in [0.15, 0.2) is 0 Å². The van der Waals surface area contributed by atoms with Crippen molar-refractivity contribution in [2.45, 2.75) is 65.3 Å². The van der Waals surface area contributed by atoms with Crippen LogP contribution in [0.5, 0.6) is 0 Å². The maximum absolute atomic E-state index is 12.4. The van der Waals surface area contributed by atoms with Gasteiger partial charge in [0.2, 0.25) is 5.91 Å². The Bertz CT molecular complexity index is 614. The number of carbonyl (C=O) groups excluding carboxylic acids is 3. The van der Waals surface area contributed by atoms with Gasteiger partial charge in [-0.25, -0.2) is 0 Å². The molecule has 6 nitrogen and oxygen atoms in total. The molecule has 1 aromatic heterocycles. The van der Waals surface area contributed by atoms with Crippen LogP contribution in [0.15, 0.2) is 6.07 Å². The first-order valence-corrected chi connectivity index (χ1v) is 9.69. The van der Waals surface area contributed by atoms with Crippen molar-refractivity contribution in [2.75, 3.05) is 0 Å². The summed E-state index contributed by atoms with van der Waals surface area (Å²) in [5.41, 5.74) is 6.16. The lowest BCUT2D eigenvalue weighted by atomic mass is 10.00. The Hall–Kier alpha value is -1.89. The van der Waals surface area contributed by atoms with Crippen LogP contribution in [0.3, 0.4) is 0 Å². The number of nitrogens with one attached hydrogen (secondary N) is 3. The van der Waals surface area contributed by atoms with Crippen molar-refractivity contribution in [3.8, 4) is 0 Å². The second-order valence-electron chi connectivity index (χ2n) is 6.84. The summed E-state index contributed by atoms with van der Waals surface area (Å²) < 4.78 is 0. The van der Waals surface area contributed by atoms with Crippen LogP contribution in [-0.4, -0.2) is 23.8 Å². The third-order valence-corrected chi connectivity index (χ3v) is 5.56. The van der Waals surface area contributed by atoms with Gasteiger partial charge in [-0.05, 0) is 43.2 Å². The number of carbonyl (C=O) groups is 3. The molecule has 0 saturated heterocycles. The summed E-state index contributed by atoms with van der Waals surface area (Å²) in [4.78, 5) is 37.7. The molecule has 0 aromatic carbocycles. The zero-order valence-electron chi connectivity index (χ0n) is 15.1. The maximum Gasteiger partial charge on any atom is 0.279 e. The summed E-state index contributed by atoms with van der Waals surface area (Å²) in [5, 5.41) is 2.60. The molecule has 3 N–H and O–H groups in total. The Labute approximate surface area is 152 Å². The molecule has 1 heterocycles. The predicted octanol–water partition coefficient (Wildman–Crippen LogP) is 2.33. The summed E-state index contributed by atoms with van der Waals surface area (Å²) in [6, 6.07) is 1.27. The highest BCUT2D eigenvalue weighted by atomic mass is 32.1. The van der Waals surface area contributed by atoms with E-state index in [9.17, 15) is 14.4 Å². The Balaban J connectivity index is 1.96. The first-order chi connectivity index (χ1) is 11.9. The minimum absolute atomic E-state index is 0.0812. The van der Waals surface area contributed by atoms with Crippen LogP contribution in [0.1, 0.15) is 66.6 Å². The fourth-order valence-electron chi connectivity index (χ4n) is 2.97. The molecular formula is C18H27N3O3S. The Morgan fingerprint density at radius 2 is 1.72 bits per heavy atom. The highest BCUT2D eigenvalue weighted by Crippen LogP contribution is 2.28. The van der Waals surface area contributed by atoms with Crippen molar-refractivity contribution in [3.05, 3.63) is 21.4 Å². The number of fused-ring (bicyclic) bond motifs is 1. The van der Waals surface area contributed by atoms with Gasteiger partial charge in [-0.2, -0.15) is 0 Å². The molecule has 3 amide bonds. The molecule has 0 fully saturated rings. The number of rotatable bonds is 4. The molecule has 0 radical (unpaired) electrons. The van der Waals surface area contributed by atoms with Gasteiger partial charge < -0.3 is 5.32 Å². The number of thiophene rings is 1. The third kappa shape index (κ3) is 5.56. The van der Waals surface area contributed by atoms with Crippen LogP contribution in [-0.2, 0) is 22.4 Å². The predicted molar refractivity (Wildman–Crippen MR) is 98.2 cm³/mol. The molecule has 0 bridgehead atoms. The number of hydrazine groups is 1. The lowest BCUT2D eigenvalue weighted by Crippen LogP contribution is -2.53. The van der Waals surface area contributed by atoms with Gasteiger partial charge in [0, 0.05) is 11.8 Å². The Kier molecular flexibility index (Phi) is 6.99. The topological polar surface area (TPSA) is 87.3 Å². The molecule has 0 aliphatic heterocycles. The first kappa shape index (κ1) is 19.4. The van der Waals surface area contributed by atoms with Gasteiger partial charge in [0.25, 0.3) is 11.8 Å². The second-order valence-corrected chi connectivity index (χ2v) is 7.98. The first-order valence-electron chi connectivity index (χ1n) is 8.87. The van der Waals surface area contributed by atoms with Crippen molar-refractivity contribution < 1.29 is 14.4 Å². The molecule has 138 valence electrons. The van der Waals surface area contributed by atoms with Crippen molar-refractivity contribution in [2.24, 2.45) is 5.92 Å². The SMILES string of the molecule is CC(=O)NC(C(=O)NNC(=O)c1cc2c(s1)CCCCCC2)C(C)C. The molecule has 0 saturated carbocycles. The van der Waals surface area contributed by atoms with Crippen LogP contribution in [0.4, 0.5) is 0 Å². The molecule has 1 aliphatic carbocycles. The van der Waals surface area contributed by atoms with E-state index < -0.39 is 11.9 Å². The van der Waals surface area contributed by atoms with Crippen molar-refractivity contribution >= 4 is 29.1 Å². The molecule has 1 aromatic rings. The molecule has 2 rings (SSSR count). The molecule has 1 atom stereocenters. The standard InChI is InChI=1S/C18H27N3O3S/c1-11(2)16(19-12(3)22)18(24)21-20-17(23)15-10-13-8-6-4-5-7-9-14(13)25-15/h10-11,16H,4-9H2,1-3H3,(H,19,22)(H,20,23)(H,21,24). The van der Waals surface area contributed by atoms with Gasteiger partial charge in [-0.15, -0.1) is 11.3 Å². The molecule has 7 heteroatoms. The molecule has 1 unspecified atom stereocenters. The Morgan fingerprint density at radius 1 is 1.04 bits per heavy atom. The summed E-state index contributed by atoms with van der Waals surface area (Å²) in [5.74, 6) is -1.09. The molecule has 1 aliphatic rings. The van der Waals surface area contributed by atoms with Crippen molar-refractivity contribution in [3.63, 3.8) is 0 Å². The molecule has 25 heavy (non-hydrogen) atoms. The average molecular weight is 365 g/mol. The maximum atomic E-state index is 12.4. The average Bonchev–Trinajstić information content (AvgIpc) is 2.91. The van der Waals surface area contributed by atoms with Crippen LogP contribution in [0.2, 0.25) is 0 Å². The van der Waals surface area contributed by atoms with Gasteiger partial charge >= 0.3 is 0 Å². The number of amides is 3. The van der Waals surface area contributed by atoms with Gasteiger partial charge in [0.1, 0.15) is 6.04 Å². The summed E-state index contributed by atoms with van der Waals surface area (Å²) in [6.07, 6.45) is 6.86. The minimum atomic E-state index is -0.679.